The zero-order chi connectivity index (χ0) is 24.2. The van der Waals surface area contributed by atoms with E-state index in [0.29, 0.717) is 33.5 Å². The van der Waals surface area contributed by atoms with Crippen molar-refractivity contribution in [1.82, 2.24) is 4.98 Å². The summed E-state index contributed by atoms with van der Waals surface area (Å²) in [6.45, 7) is 1.85. The number of methoxy groups -OCH3 is 3. The predicted molar refractivity (Wildman–Crippen MR) is 136 cm³/mol. The number of aryl methyl sites for hydroxylation is 1. The maximum atomic E-state index is 13.5. The number of carbonyl (C=O) groups excluding carboxylic acids is 1. The molecule has 0 radical (unpaired) electrons. The standard InChI is InChI=1S/C28H24ClNO4/c1-17-26(23(31)13-10-18-14-24(32-2)28(34-4)25(15-18)33-3)27(19-8-6-5-7-9-19)21-16-20(29)11-12-22(21)30-17/h5-16H,1-4H3. The lowest BCUT2D eigenvalue weighted by Gasteiger charge is -2.15. The second-order valence-corrected chi connectivity index (χ2v) is 8.07. The maximum absolute atomic E-state index is 13.5. The third-order valence-electron chi connectivity index (χ3n) is 5.55. The average Bonchev–Trinajstić information content (AvgIpc) is 2.86. The molecule has 0 fully saturated rings. The fourth-order valence-corrected chi connectivity index (χ4v) is 4.19. The molecule has 0 unspecified atom stereocenters. The molecule has 0 amide bonds. The molecule has 1 aromatic heterocycles. The number of rotatable bonds is 7. The molecule has 6 heteroatoms. The molecule has 0 saturated heterocycles. The van der Waals surface area contributed by atoms with Gasteiger partial charge in [-0.2, -0.15) is 0 Å². The highest BCUT2D eigenvalue weighted by atomic mass is 35.5. The number of halogens is 1. The number of ketones is 1. The number of aromatic nitrogens is 1. The van der Waals surface area contributed by atoms with Gasteiger partial charge < -0.3 is 14.2 Å². The van der Waals surface area contributed by atoms with E-state index in [0.717, 1.165) is 27.6 Å². The quantitative estimate of drug-likeness (QED) is 0.218. The molecule has 3 aromatic carbocycles. The van der Waals surface area contributed by atoms with Crippen molar-refractivity contribution in [3.63, 3.8) is 0 Å². The van der Waals surface area contributed by atoms with Crippen LogP contribution >= 0.6 is 11.6 Å². The first-order chi connectivity index (χ1) is 16.5. The summed E-state index contributed by atoms with van der Waals surface area (Å²) in [5.74, 6) is 1.35. The minimum atomic E-state index is -0.167. The number of allylic oxidation sites excluding steroid dienone is 1. The molecule has 0 spiro atoms. The predicted octanol–water partition coefficient (Wildman–Crippen LogP) is 6.79. The number of hydrogen-bond donors (Lipinski definition) is 0. The van der Waals surface area contributed by atoms with Gasteiger partial charge in [0.1, 0.15) is 0 Å². The lowest BCUT2D eigenvalue weighted by atomic mass is 9.92. The van der Waals surface area contributed by atoms with E-state index in [9.17, 15) is 4.79 Å². The fourth-order valence-electron chi connectivity index (χ4n) is 4.02. The zero-order valence-corrected chi connectivity index (χ0v) is 20.1. The Hall–Kier alpha value is -3.83. The topological polar surface area (TPSA) is 57.7 Å². The SMILES string of the molecule is COc1cc(C=CC(=O)c2c(C)nc3ccc(Cl)cc3c2-c2ccccc2)cc(OC)c1OC. The summed E-state index contributed by atoms with van der Waals surface area (Å²) >= 11 is 6.31. The normalized spacial score (nSPS) is 11.1. The van der Waals surface area contributed by atoms with Crippen LogP contribution in [0.2, 0.25) is 5.02 Å². The first kappa shape index (κ1) is 23.3. The van der Waals surface area contributed by atoms with Gasteiger partial charge in [-0.25, -0.2) is 0 Å². The summed E-state index contributed by atoms with van der Waals surface area (Å²) in [5.41, 5.74) is 4.43. The van der Waals surface area contributed by atoms with Crippen molar-refractivity contribution in [2.45, 2.75) is 6.92 Å². The molecule has 0 N–H and O–H groups in total. The molecule has 0 aliphatic heterocycles. The molecule has 5 nitrogen and oxygen atoms in total. The van der Waals surface area contributed by atoms with E-state index in [-0.39, 0.29) is 5.78 Å². The third kappa shape index (κ3) is 4.47. The minimum absolute atomic E-state index is 0.167. The molecule has 0 aliphatic rings. The first-order valence-corrected chi connectivity index (χ1v) is 11.0. The van der Waals surface area contributed by atoms with Gasteiger partial charge >= 0.3 is 0 Å². The fraction of sp³-hybridized carbons (Fsp3) is 0.143. The monoisotopic (exact) mass is 473 g/mol. The molecule has 0 aliphatic carbocycles. The number of hydrogen-bond acceptors (Lipinski definition) is 5. The van der Waals surface area contributed by atoms with Crippen molar-refractivity contribution in [2.24, 2.45) is 0 Å². The van der Waals surface area contributed by atoms with Crippen molar-refractivity contribution in [3.8, 4) is 28.4 Å². The molecular formula is C28H24ClNO4. The molecule has 172 valence electrons. The second-order valence-electron chi connectivity index (χ2n) is 7.63. The van der Waals surface area contributed by atoms with Crippen LogP contribution in [0.5, 0.6) is 17.2 Å². The summed E-state index contributed by atoms with van der Waals surface area (Å²) in [6, 6.07) is 18.9. The smallest absolute Gasteiger partial charge is 0.203 e. The molecule has 34 heavy (non-hydrogen) atoms. The third-order valence-corrected chi connectivity index (χ3v) is 5.79. The maximum Gasteiger partial charge on any atom is 0.203 e. The van der Waals surface area contributed by atoms with E-state index in [1.54, 1.807) is 45.6 Å². The highest BCUT2D eigenvalue weighted by Gasteiger charge is 2.19. The van der Waals surface area contributed by atoms with Crippen molar-refractivity contribution in [2.75, 3.05) is 21.3 Å². The lowest BCUT2D eigenvalue weighted by molar-refractivity contribution is 0.104. The van der Waals surface area contributed by atoms with E-state index >= 15 is 0 Å². The van der Waals surface area contributed by atoms with Gasteiger partial charge in [-0.3, -0.25) is 9.78 Å². The number of fused-ring (bicyclic) bond motifs is 1. The van der Waals surface area contributed by atoms with Gasteiger partial charge in [0.15, 0.2) is 17.3 Å². The summed E-state index contributed by atoms with van der Waals surface area (Å²) in [6.07, 6.45) is 3.26. The van der Waals surface area contributed by atoms with Gasteiger partial charge in [-0.1, -0.05) is 48.0 Å². The van der Waals surface area contributed by atoms with E-state index in [2.05, 4.69) is 4.98 Å². The van der Waals surface area contributed by atoms with Crippen molar-refractivity contribution < 1.29 is 19.0 Å². The van der Waals surface area contributed by atoms with Crippen LogP contribution in [-0.4, -0.2) is 32.1 Å². The largest absolute Gasteiger partial charge is 0.493 e. The van der Waals surface area contributed by atoms with Crippen LogP contribution in [-0.2, 0) is 0 Å². The van der Waals surface area contributed by atoms with Crippen LogP contribution < -0.4 is 14.2 Å². The zero-order valence-electron chi connectivity index (χ0n) is 19.4. The van der Waals surface area contributed by atoms with E-state index in [1.807, 2.05) is 49.4 Å². The average molecular weight is 474 g/mol. The Labute approximate surface area is 203 Å². The number of carbonyl (C=O) groups is 1. The first-order valence-electron chi connectivity index (χ1n) is 10.6. The lowest BCUT2D eigenvalue weighted by Crippen LogP contribution is -2.05. The van der Waals surface area contributed by atoms with Gasteiger partial charge in [-0.05, 0) is 54.5 Å². The molecule has 4 rings (SSSR count). The molecule has 0 atom stereocenters. The molecule has 4 aromatic rings. The van der Waals surface area contributed by atoms with Crippen LogP contribution in [0, 0.1) is 6.92 Å². The Morgan fingerprint density at radius 2 is 1.59 bits per heavy atom. The Kier molecular flexibility index (Phi) is 6.85. The Bertz CT molecular complexity index is 1370. The minimum Gasteiger partial charge on any atom is -0.493 e. The van der Waals surface area contributed by atoms with Crippen molar-refractivity contribution in [3.05, 3.63) is 88.6 Å². The van der Waals surface area contributed by atoms with Crippen LogP contribution in [0.1, 0.15) is 21.6 Å². The van der Waals surface area contributed by atoms with Gasteiger partial charge in [0.25, 0.3) is 0 Å². The van der Waals surface area contributed by atoms with E-state index in [1.165, 1.54) is 6.08 Å². The van der Waals surface area contributed by atoms with Gasteiger partial charge in [0.2, 0.25) is 5.75 Å². The highest BCUT2D eigenvalue weighted by molar-refractivity contribution is 6.31. The summed E-state index contributed by atoms with van der Waals surface area (Å²) in [7, 11) is 4.65. The van der Waals surface area contributed by atoms with Crippen LogP contribution in [0.4, 0.5) is 0 Å². The Morgan fingerprint density at radius 3 is 2.21 bits per heavy atom. The van der Waals surface area contributed by atoms with Crippen molar-refractivity contribution >= 4 is 34.4 Å². The summed E-state index contributed by atoms with van der Waals surface area (Å²) < 4.78 is 16.2. The van der Waals surface area contributed by atoms with Crippen LogP contribution in [0.25, 0.3) is 28.1 Å². The summed E-state index contributed by atoms with van der Waals surface area (Å²) in [4.78, 5) is 18.2. The highest BCUT2D eigenvalue weighted by Crippen LogP contribution is 2.39. The second kappa shape index (κ2) is 9.98. The van der Waals surface area contributed by atoms with E-state index in [4.69, 9.17) is 25.8 Å². The number of ether oxygens (including phenoxy) is 3. The van der Waals surface area contributed by atoms with Gasteiger partial charge in [0, 0.05) is 21.7 Å². The van der Waals surface area contributed by atoms with Crippen LogP contribution in [0.3, 0.4) is 0 Å². The number of benzene rings is 3. The Balaban J connectivity index is 1.85. The molecule has 0 bridgehead atoms. The van der Waals surface area contributed by atoms with Crippen LogP contribution in [0.15, 0.2) is 66.7 Å². The molecule has 0 saturated carbocycles. The summed E-state index contributed by atoms with van der Waals surface area (Å²) in [5, 5.41) is 1.41. The van der Waals surface area contributed by atoms with Crippen molar-refractivity contribution in [1.29, 1.82) is 0 Å². The van der Waals surface area contributed by atoms with E-state index < -0.39 is 0 Å². The Morgan fingerprint density at radius 1 is 0.912 bits per heavy atom. The number of nitrogens with zero attached hydrogens (tertiary/aromatic N) is 1. The van der Waals surface area contributed by atoms with Gasteiger partial charge in [0.05, 0.1) is 32.4 Å². The molecular weight excluding hydrogens is 450 g/mol. The number of pyridine rings is 1. The molecule has 1 heterocycles. The van der Waals surface area contributed by atoms with Gasteiger partial charge in [-0.15, -0.1) is 0 Å².